The van der Waals surface area contributed by atoms with Crippen LogP contribution in [-0.4, -0.2) is 19.1 Å². The molecule has 2 nitrogen and oxygen atoms in total. The molecule has 0 spiro atoms. The molecule has 0 aliphatic rings. The quantitative estimate of drug-likeness (QED) is 0.765. The van der Waals surface area contributed by atoms with Gasteiger partial charge in [-0.2, -0.15) is 13.2 Å². The SMILES string of the molecule is COc1c(C)c(C)c(Br)c(C)c1C(=O)C(F)(F)F. The molecule has 0 aliphatic heterocycles. The molecule has 0 aromatic heterocycles. The second-order valence-electron chi connectivity index (χ2n) is 3.92. The molecule has 0 unspecified atom stereocenters. The fourth-order valence-corrected chi connectivity index (χ4v) is 2.25. The largest absolute Gasteiger partial charge is 0.496 e. The van der Waals surface area contributed by atoms with Gasteiger partial charge in [0.1, 0.15) is 5.75 Å². The minimum absolute atomic E-state index is 0.0180. The first-order chi connectivity index (χ1) is 8.12. The van der Waals surface area contributed by atoms with Crippen molar-refractivity contribution in [3.05, 3.63) is 26.7 Å². The summed E-state index contributed by atoms with van der Waals surface area (Å²) >= 11 is 3.20. The Morgan fingerprint density at radius 1 is 1.11 bits per heavy atom. The minimum atomic E-state index is -4.92. The number of halogens is 4. The smallest absolute Gasteiger partial charge is 0.455 e. The zero-order valence-electron chi connectivity index (χ0n) is 10.3. The van der Waals surface area contributed by atoms with Crippen molar-refractivity contribution >= 4 is 21.7 Å². The summed E-state index contributed by atoms with van der Waals surface area (Å²) in [6.07, 6.45) is -4.92. The lowest BCUT2D eigenvalue weighted by Gasteiger charge is -2.18. The molecule has 0 saturated carbocycles. The van der Waals surface area contributed by atoms with Gasteiger partial charge in [0.05, 0.1) is 12.7 Å². The number of rotatable bonds is 2. The highest BCUT2D eigenvalue weighted by molar-refractivity contribution is 9.10. The number of ether oxygens (including phenoxy) is 1. The molecular weight excluding hydrogens is 313 g/mol. The number of carbonyl (C=O) groups excluding carboxylic acids is 1. The summed E-state index contributed by atoms with van der Waals surface area (Å²) < 4.78 is 43.2. The Labute approximate surface area is 111 Å². The average molecular weight is 325 g/mol. The monoisotopic (exact) mass is 324 g/mol. The molecular formula is C12H12BrF3O2. The Bertz CT molecular complexity index is 507. The highest BCUT2D eigenvalue weighted by Gasteiger charge is 2.42. The summed E-state index contributed by atoms with van der Waals surface area (Å²) in [7, 11) is 1.25. The van der Waals surface area contributed by atoms with E-state index in [1.54, 1.807) is 13.8 Å². The zero-order valence-corrected chi connectivity index (χ0v) is 11.9. The van der Waals surface area contributed by atoms with Crippen LogP contribution >= 0.6 is 15.9 Å². The van der Waals surface area contributed by atoms with E-state index in [4.69, 9.17) is 4.74 Å². The van der Waals surface area contributed by atoms with E-state index in [-0.39, 0.29) is 11.3 Å². The van der Waals surface area contributed by atoms with E-state index < -0.39 is 17.5 Å². The molecule has 0 aliphatic carbocycles. The molecule has 0 atom stereocenters. The van der Waals surface area contributed by atoms with Crippen molar-refractivity contribution in [2.24, 2.45) is 0 Å². The molecule has 0 radical (unpaired) electrons. The number of hydrogen-bond acceptors (Lipinski definition) is 2. The topological polar surface area (TPSA) is 26.3 Å². The van der Waals surface area contributed by atoms with E-state index in [9.17, 15) is 18.0 Å². The van der Waals surface area contributed by atoms with E-state index in [1.165, 1.54) is 14.0 Å². The first-order valence-electron chi connectivity index (χ1n) is 5.07. The van der Waals surface area contributed by atoms with Crippen molar-refractivity contribution in [3.63, 3.8) is 0 Å². The van der Waals surface area contributed by atoms with Crippen molar-refractivity contribution in [2.45, 2.75) is 26.9 Å². The van der Waals surface area contributed by atoms with Crippen LogP contribution in [0.1, 0.15) is 27.0 Å². The van der Waals surface area contributed by atoms with E-state index >= 15 is 0 Å². The van der Waals surface area contributed by atoms with E-state index in [2.05, 4.69) is 15.9 Å². The molecule has 100 valence electrons. The zero-order chi connectivity index (χ0) is 14.2. The van der Waals surface area contributed by atoms with Crippen LogP contribution in [0.2, 0.25) is 0 Å². The molecule has 0 heterocycles. The van der Waals surface area contributed by atoms with Crippen molar-refractivity contribution in [1.29, 1.82) is 0 Å². The van der Waals surface area contributed by atoms with E-state index in [0.29, 0.717) is 10.0 Å². The van der Waals surface area contributed by atoms with Crippen LogP contribution in [0.5, 0.6) is 5.75 Å². The normalized spacial score (nSPS) is 11.6. The first kappa shape index (κ1) is 15.0. The highest BCUT2D eigenvalue weighted by atomic mass is 79.9. The van der Waals surface area contributed by atoms with Gasteiger partial charge in [0, 0.05) is 4.47 Å². The van der Waals surface area contributed by atoms with Crippen LogP contribution in [-0.2, 0) is 0 Å². The number of hydrogen-bond donors (Lipinski definition) is 0. The van der Waals surface area contributed by atoms with Crippen LogP contribution in [0.25, 0.3) is 0 Å². The van der Waals surface area contributed by atoms with E-state index in [0.717, 1.165) is 5.56 Å². The summed E-state index contributed by atoms with van der Waals surface area (Å²) in [6.45, 7) is 4.82. The Morgan fingerprint density at radius 2 is 1.61 bits per heavy atom. The van der Waals surface area contributed by atoms with E-state index in [1.807, 2.05) is 0 Å². The van der Waals surface area contributed by atoms with Crippen molar-refractivity contribution in [2.75, 3.05) is 7.11 Å². The third-order valence-electron chi connectivity index (χ3n) is 2.85. The maximum absolute atomic E-state index is 12.6. The number of ketones is 1. The Kier molecular flexibility index (Phi) is 4.10. The Hall–Kier alpha value is -1.04. The van der Waals surface area contributed by atoms with Gasteiger partial charge in [0.15, 0.2) is 0 Å². The predicted octanol–water partition coefficient (Wildman–Crippen LogP) is 4.13. The molecule has 1 aromatic rings. The summed E-state index contributed by atoms with van der Waals surface area (Å²) in [6, 6.07) is 0. The van der Waals surface area contributed by atoms with Gasteiger partial charge in [0.2, 0.25) is 0 Å². The fraction of sp³-hybridized carbons (Fsp3) is 0.417. The molecule has 1 aromatic carbocycles. The average Bonchev–Trinajstić information content (AvgIpc) is 2.28. The molecule has 1 rings (SSSR count). The number of Topliss-reactive ketones (excluding diaryl/α,β-unsaturated/α-hetero) is 1. The minimum Gasteiger partial charge on any atom is -0.496 e. The summed E-state index contributed by atoms with van der Waals surface area (Å²) in [5, 5.41) is 0. The molecule has 18 heavy (non-hydrogen) atoms. The lowest BCUT2D eigenvalue weighted by Crippen LogP contribution is -2.25. The van der Waals surface area contributed by atoms with Gasteiger partial charge in [-0.15, -0.1) is 0 Å². The first-order valence-corrected chi connectivity index (χ1v) is 5.87. The Balaban J connectivity index is 3.68. The van der Waals surface area contributed by atoms with Gasteiger partial charge in [-0.25, -0.2) is 0 Å². The molecule has 6 heteroatoms. The number of carbonyl (C=O) groups is 1. The van der Waals surface area contributed by atoms with Crippen LogP contribution in [0.15, 0.2) is 4.47 Å². The second-order valence-corrected chi connectivity index (χ2v) is 4.72. The van der Waals surface area contributed by atoms with Gasteiger partial charge in [0.25, 0.3) is 5.78 Å². The van der Waals surface area contributed by atoms with Gasteiger partial charge in [-0.05, 0) is 37.5 Å². The summed E-state index contributed by atoms with van der Waals surface area (Å²) in [5.41, 5.74) is 1.07. The summed E-state index contributed by atoms with van der Waals surface area (Å²) in [4.78, 5) is 11.5. The molecule has 0 fully saturated rings. The van der Waals surface area contributed by atoms with Crippen LogP contribution < -0.4 is 4.74 Å². The Morgan fingerprint density at radius 3 is 2.00 bits per heavy atom. The van der Waals surface area contributed by atoms with Crippen molar-refractivity contribution in [3.8, 4) is 5.75 Å². The fourth-order valence-electron chi connectivity index (χ4n) is 1.75. The predicted molar refractivity (Wildman–Crippen MR) is 65.3 cm³/mol. The molecule has 0 N–H and O–H groups in total. The number of methoxy groups -OCH3 is 1. The second kappa shape index (κ2) is 4.91. The highest BCUT2D eigenvalue weighted by Crippen LogP contribution is 2.38. The van der Waals surface area contributed by atoms with Gasteiger partial charge in [-0.3, -0.25) is 4.79 Å². The number of benzene rings is 1. The van der Waals surface area contributed by atoms with Crippen LogP contribution in [0.4, 0.5) is 13.2 Å². The van der Waals surface area contributed by atoms with Crippen molar-refractivity contribution in [1.82, 2.24) is 0 Å². The summed E-state index contributed by atoms with van der Waals surface area (Å²) in [5.74, 6) is -1.91. The molecule has 0 bridgehead atoms. The lowest BCUT2D eigenvalue weighted by molar-refractivity contribution is -0.0887. The molecule has 0 amide bonds. The number of alkyl halides is 3. The van der Waals surface area contributed by atoms with Gasteiger partial charge in [-0.1, -0.05) is 15.9 Å². The maximum atomic E-state index is 12.6. The standard InChI is InChI=1S/C12H12BrF3O2/c1-5-6(2)10(18-4)8(7(3)9(5)13)11(17)12(14,15)16/h1-4H3. The van der Waals surface area contributed by atoms with Crippen LogP contribution in [0, 0.1) is 20.8 Å². The van der Waals surface area contributed by atoms with Crippen LogP contribution in [0.3, 0.4) is 0 Å². The third kappa shape index (κ3) is 2.39. The maximum Gasteiger partial charge on any atom is 0.455 e. The van der Waals surface area contributed by atoms with Gasteiger partial charge < -0.3 is 4.74 Å². The third-order valence-corrected chi connectivity index (χ3v) is 4.04. The van der Waals surface area contributed by atoms with Gasteiger partial charge >= 0.3 is 6.18 Å². The lowest BCUT2D eigenvalue weighted by atomic mass is 9.96. The van der Waals surface area contributed by atoms with Crippen molar-refractivity contribution < 1.29 is 22.7 Å². The molecule has 0 saturated heterocycles.